The van der Waals surface area contributed by atoms with E-state index in [9.17, 15) is 4.79 Å². The number of aromatic nitrogens is 2. The minimum absolute atomic E-state index is 0.0226. The first kappa shape index (κ1) is 21.5. The molecule has 0 saturated carbocycles. The number of hydrogen-bond acceptors (Lipinski definition) is 5. The van der Waals surface area contributed by atoms with Crippen molar-refractivity contribution in [1.82, 2.24) is 19.9 Å². The van der Waals surface area contributed by atoms with Gasteiger partial charge in [0.05, 0.1) is 12.5 Å². The van der Waals surface area contributed by atoms with Gasteiger partial charge in [-0.25, -0.2) is 0 Å². The van der Waals surface area contributed by atoms with Crippen molar-refractivity contribution in [1.29, 1.82) is 0 Å². The molecule has 31 heavy (non-hydrogen) atoms. The molecule has 0 aliphatic carbocycles. The van der Waals surface area contributed by atoms with Crippen LogP contribution in [-0.2, 0) is 17.9 Å². The molecule has 4 rings (SSSR count). The van der Waals surface area contributed by atoms with Crippen molar-refractivity contribution in [3.05, 3.63) is 70.6 Å². The number of piperidine rings is 1. The number of likely N-dealkylation sites (tertiary alicyclic amines) is 1. The van der Waals surface area contributed by atoms with E-state index in [1.54, 1.807) is 4.90 Å². The van der Waals surface area contributed by atoms with E-state index < -0.39 is 0 Å². The Morgan fingerprint density at radius 1 is 1.19 bits per heavy atom. The molecule has 1 aromatic heterocycles. The normalized spacial score (nSPS) is 16.9. The van der Waals surface area contributed by atoms with E-state index in [-0.39, 0.29) is 11.8 Å². The van der Waals surface area contributed by atoms with E-state index in [2.05, 4.69) is 15.0 Å². The van der Waals surface area contributed by atoms with Crippen LogP contribution in [0.1, 0.15) is 29.9 Å². The van der Waals surface area contributed by atoms with Crippen molar-refractivity contribution >= 4 is 17.5 Å². The molecule has 6 nitrogen and oxygen atoms in total. The summed E-state index contributed by atoms with van der Waals surface area (Å²) in [6.45, 7) is 4.81. The Bertz CT molecular complexity index is 1020. The topological polar surface area (TPSA) is 62.5 Å². The summed E-state index contributed by atoms with van der Waals surface area (Å²) in [4.78, 5) is 21.6. The zero-order chi connectivity index (χ0) is 21.8. The maximum Gasteiger partial charge on any atom is 0.241 e. The monoisotopic (exact) mass is 438 g/mol. The van der Waals surface area contributed by atoms with Crippen molar-refractivity contribution in [2.45, 2.75) is 32.9 Å². The summed E-state index contributed by atoms with van der Waals surface area (Å²) in [5.41, 5.74) is 3.20. The summed E-state index contributed by atoms with van der Waals surface area (Å²) >= 11 is 5.95. The summed E-state index contributed by atoms with van der Waals surface area (Å²) in [6, 6.07) is 15.7. The fourth-order valence-corrected chi connectivity index (χ4v) is 4.11. The van der Waals surface area contributed by atoms with Gasteiger partial charge in [0.25, 0.3) is 0 Å². The number of benzene rings is 2. The minimum Gasteiger partial charge on any atom is -0.341 e. The Kier molecular flexibility index (Phi) is 6.68. The molecule has 2 heterocycles. The zero-order valence-electron chi connectivity index (χ0n) is 17.9. The number of aryl methyl sites for hydroxylation is 1. The lowest BCUT2D eigenvalue weighted by Gasteiger charge is -2.33. The van der Waals surface area contributed by atoms with E-state index in [4.69, 9.17) is 16.1 Å². The molecule has 1 fully saturated rings. The third-order valence-corrected chi connectivity index (χ3v) is 5.95. The molecule has 0 spiro atoms. The van der Waals surface area contributed by atoms with Gasteiger partial charge in [-0.15, -0.1) is 0 Å². The summed E-state index contributed by atoms with van der Waals surface area (Å²) in [5, 5.41) is 4.82. The lowest BCUT2D eigenvalue weighted by atomic mass is 9.96. The predicted octanol–water partition coefficient (Wildman–Crippen LogP) is 4.57. The van der Waals surface area contributed by atoms with Gasteiger partial charge < -0.3 is 9.42 Å². The van der Waals surface area contributed by atoms with Gasteiger partial charge in [0, 0.05) is 30.7 Å². The Balaban J connectivity index is 1.34. The second-order valence-electron chi connectivity index (χ2n) is 8.27. The smallest absolute Gasteiger partial charge is 0.241 e. The molecule has 1 atom stereocenters. The summed E-state index contributed by atoms with van der Waals surface area (Å²) in [6.07, 6.45) is 1.88. The fraction of sp³-hybridized carbons (Fsp3) is 0.375. The molecule has 1 saturated heterocycles. The molecule has 7 heteroatoms. The van der Waals surface area contributed by atoms with Gasteiger partial charge in [-0.05, 0) is 44.0 Å². The molecule has 1 aliphatic rings. The Morgan fingerprint density at radius 3 is 2.68 bits per heavy atom. The Hall–Kier alpha value is -2.70. The number of carbonyl (C=O) groups is 1. The zero-order valence-corrected chi connectivity index (χ0v) is 18.7. The van der Waals surface area contributed by atoms with Crippen LogP contribution in [0.25, 0.3) is 11.4 Å². The third kappa shape index (κ3) is 5.51. The van der Waals surface area contributed by atoms with Crippen LogP contribution in [-0.4, -0.2) is 46.0 Å². The molecule has 0 N–H and O–H groups in total. The maximum atomic E-state index is 13.0. The number of amides is 1. The summed E-state index contributed by atoms with van der Waals surface area (Å²) in [5.74, 6) is 1.33. The van der Waals surface area contributed by atoms with E-state index in [0.717, 1.165) is 30.5 Å². The van der Waals surface area contributed by atoms with E-state index in [1.165, 1.54) is 5.56 Å². The molecule has 1 aliphatic heterocycles. The first-order chi connectivity index (χ1) is 15.0. The highest BCUT2D eigenvalue weighted by molar-refractivity contribution is 6.30. The quantitative estimate of drug-likeness (QED) is 0.564. The van der Waals surface area contributed by atoms with E-state index in [0.29, 0.717) is 36.4 Å². The number of carbonyl (C=O) groups excluding carboxylic acids is 1. The highest BCUT2D eigenvalue weighted by Gasteiger charge is 2.29. The molecule has 0 radical (unpaired) electrons. The van der Waals surface area contributed by atoms with Gasteiger partial charge in [0.1, 0.15) is 0 Å². The number of nitrogens with zero attached hydrogens (tertiary/aromatic N) is 4. The molecule has 1 unspecified atom stereocenters. The van der Waals surface area contributed by atoms with Crippen LogP contribution in [0.15, 0.2) is 53.1 Å². The number of hydrogen-bond donors (Lipinski definition) is 0. The van der Waals surface area contributed by atoms with Crippen molar-refractivity contribution in [3.63, 3.8) is 0 Å². The number of rotatable bonds is 6. The van der Waals surface area contributed by atoms with Crippen molar-refractivity contribution in [3.8, 4) is 11.4 Å². The molecule has 1 amide bonds. The van der Waals surface area contributed by atoms with Crippen molar-refractivity contribution in [2.75, 3.05) is 20.1 Å². The maximum absolute atomic E-state index is 13.0. The minimum atomic E-state index is -0.0226. The van der Waals surface area contributed by atoms with Crippen LogP contribution in [0.2, 0.25) is 5.02 Å². The average molecular weight is 439 g/mol. The van der Waals surface area contributed by atoms with Crippen LogP contribution in [0.4, 0.5) is 0 Å². The van der Waals surface area contributed by atoms with E-state index >= 15 is 0 Å². The largest absolute Gasteiger partial charge is 0.341 e. The molecule has 2 aromatic carbocycles. The van der Waals surface area contributed by atoms with Crippen LogP contribution >= 0.6 is 11.6 Å². The first-order valence-electron chi connectivity index (χ1n) is 10.6. The molecule has 0 bridgehead atoms. The summed E-state index contributed by atoms with van der Waals surface area (Å²) < 4.78 is 5.47. The summed E-state index contributed by atoms with van der Waals surface area (Å²) in [7, 11) is 1.86. The van der Waals surface area contributed by atoms with Crippen LogP contribution in [0.5, 0.6) is 0 Å². The highest BCUT2D eigenvalue weighted by atomic mass is 35.5. The van der Waals surface area contributed by atoms with Crippen molar-refractivity contribution in [2.24, 2.45) is 5.92 Å². The Labute approximate surface area is 187 Å². The number of halogens is 1. The van der Waals surface area contributed by atoms with Crippen LogP contribution < -0.4 is 0 Å². The second kappa shape index (κ2) is 9.62. The van der Waals surface area contributed by atoms with Gasteiger partial charge >= 0.3 is 0 Å². The Morgan fingerprint density at radius 2 is 1.94 bits per heavy atom. The average Bonchev–Trinajstić information content (AvgIpc) is 3.24. The third-order valence-electron chi connectivity index (χ3n) is 5.70. The SMILES string of the molecule is Cc1ccc(-c2noc(CN3CCCC(C(=O)N(C)Cc4ccc(Cl)cc4)C3)n2)cc1. The van der Waals surface area contributed by atoms with Crippen LogP contribution in [0, 0.1) is 12.8 Å². The van der Waals surface area contributed by atoms with Crippen molar-refractivity contribution < 1.29 is 9.32 Å². The lowest BCUT2D eigenvalue weighted by Crippen LogP contribution is -2.43. The molecular formula is C24H27ClN4O2. The molecule has 162 valence electrons. The van der Waals surface area contributed by atoms with Gasteiger partial charge in [-0.1, -0.05) is 58.7 Å². The van der Waals surface area contributed by atoms with E-state index in [1.807, 2.05) is 62.5 Å². The fourth-order valence-electron chi connectivity index (χ4n) is 3.98. The van der Waals surface area contributed by atoms with Gasteiger partial charge in [0.15, 0.2) is 0 Å². The lowest BCUT2D eigenvalue weighted by molar-refractivity contribution is -0.136. The van der Waals surface area contributed by atoms with Crippen LogP contribution in [0.3, 0.4) is 0 Å². The van der Waals surface area contributed by atoms with Gasteiger partial charge in [-0.3, -0.25) is 9.69 Å². The first-order valence-corrected chi connectivity index (χ1v) is 11.0. The highest BCUT2D eigenvalue weighted by Crippen LogP contribution is 2.22. The van der Waals surface area contributed by atoms with Gasteiger partial charge in [-0.2, -0.15) is 4.98 Å². The standard InChI is InChI=1S/C24H27ClN4O2/c1-17-5-9-19(10-6-17)23-26-22(31-27-23)16-29-13-3-4-20(15-29)24(30)28(2)14-18-7-11-21(25)12-8-18/h5-12,20H,3-4,13-16H2,1-2H3. The van der Waals surface area contributed by atoms with Gasteiger partial charge in [0.2, 0.25) is 17.6 Å². The second-order valence-corrected chi connectivity index (χ2v) is 8.71. The molecule has 3 aromatic rings. The molecular weight excluding hydrogens is 412 g/mol. The predicted molar refractivity (Wildman–Crippen MR) is 120 cm³/mol.